The van der Waals surface area contributed by atoms with Crippen molar-refractivity contribution in [1.29, 1.82) is 0 Å². The molecule has 0 spiro atoms. The molecule has 1 atom stereocenters. The van der Waals surface area contributed by atoms with E-state index in [-0.39, 0.29) is 11.7 Å². The van der Waals surface area contributed by atoms with Crippen LogP contribution in [0.15, 0.2) is 36.7 Å². The minimum absolute atomic E-state index is 0.0672. The van der Waals surface area contributed by atoms with Crippen LogP contribution < -0.4 is 4.74 Å². The van der Waals surface area contributed by atoms with Gasteiger partial charge in [-0.15, -0.1) is 0 Å². The summed E-state index contributed by atoms with van der Waals surface area (Å²) in [6, 6.07) is 7.99. The van der Waals surface area contributed by atoms with Crippen LogP contribution >= 0.6 is 0 Å². The molecular weight excluding hydrogens is 312 g/mol. The first kappa shape index (κ1) is 17.6. The van der Waals surface area contributed by atoms with Crippen molar-refractivity contribution in [1.82, 2.24) is 9.88 Å². The fourth-order valence-electron chi connectivity index (χ4n) is 3.81. The Morgan fingerprint density at radius 2 is 2.08 bits per heavy atom. The van der Waals surface area contributed by atoms with Gasteiger partial charge in [0.05, 0.1) is 7.11 Å². The van der Waals surface area contributed by atoms with E-state index in [2.05, 4.69) is 16.0 Å². The summed E-state index contributed by atoms with van der Waals surface area (Å²) in [6.07, 6.45) is 5.72. The van der Waals surface area contributed by atoms with Crippen molar-refractivity contribution < 1.29 is 9.53 Å². The van der Waals surface area contributed by atoms with Crippen molar-refractivity contribution in [3.8, 4) is 5.75 Å². The van der Waals surface area contributed by atoms with Gasteiger partial charge >= 0.3 is 0 Å². The third-order valence-corrected chi connectivity index (χ3v) is 4.95. The number of hydrogen-bond acceptors (Lipinski definition) is 4. The Balaban J connectivity index is 1.72. The zero-order valence-electron chi connectivity index (χ0n) is 15.3. The van der Waals surface area contributed by atoms with E-state index in [1.165, 1.54) is 5.56 Å². The predicted molar refractivity (Wildman–Crippen MR) is 99.0 cm³/mol. The molecule has 1 aromatic carbocycles. The summed E-state index contributed by atoms with van der Waals surface area (Å²) >= 11 is 0. The van der Waals surface area contributed by atoms with Crippen LogP contribution in [0, 0.1) is 19.8 Å². The number of ketones is 1. The number of pyridine rings is 1. The maximum absolute atomic E-state index is 13.0. The lowest BCUT2D eigenvalue weighted by Gasteiger charge is -2.32. The van der Waals surface area contributed by atoms with Gasteiger partial charge in [-0.05, 0) is 68.1 Å². The molecule has 2 heterocycles. The van der Waals surface area contributed by atoms with Crippen molar-refractivity contribution in [3.63, 3.8) is 0 Å². The minimum atomic E-state index is 0.0672. The van der Waals surface area contributed by atoms with Crippen LogP contribution in [0.4, 0.5) is 0 Å². The zero-order chi connectivity index (χ0) is 17.8. The Kier molecular flexibility index (Phi) is 5.49. The Hall–Kier alpha value is -2.20. The summed E-state index contributed by atoms with van der Waals surface area (Å²) < 4.78 is 5.41. The Labute approximate surface area is 149 Å². The van der Waals surface area contributed by atoms with Crippen LogP contribution in [0.5, 0.6) is 5.75 Å². The highest BCUT2D eigenvalue weighted by molar-refractivity contribution is 5.98. The molecule has 0 unspecified atom stereocenters. The summed E-state index contributed by atoms with van der Waals surface area (Å²) in [5.74, 6) is 1.20. The third kappa shape index (κ3) is 4.07. The second kappa shape index (κ2) is 7.79. The van der Waals surface area contributed by atoms with Gasteiger partial charge in [0.1, 0.15) is 5.75 Å². The molecule has 0 saturated carbocycles. The number of ether oxygens (including phenoxy) is 1. The topological polar surface area (TPSA) is 42.4 Å². The summed E-state index contributed by atoms with van der Waals surface area (Å²) in [6.45, 7) is 6.71. The molecule has 25 heavy (non-hydrogen) atoms. The number of hydrogen-bond donors (Lipinski definition) is 0. The maximum Gasteiger partial charge on any atom is 0.167 e. The highest BCUT2D eigenvalue weighted by Gasteiger charge is 2.27. The van der Waals surface area contributed by atoms with Crippen LogP contribution in [0.3, 0.4) is 0 Å². The number of carbonyl (C=O) groups is 1. The fraction of sp³-hybridized carbons (Fsp3) is 0.429. The largest absolute Gasteiger partial charge is 0.496 e. The van der Waals surface area contributed by atoms with E-state index in [1.807, 2.05) is 38.2 Å². The molecular formula is C21H26N2O2. The van der Waals surface area contributed by atoms with E-state index in [1.54, 1.807) is 13.3 Å². The summed E-state index contributed by atoms with van der Waals surface area (Å²) in [5, 5.41) is 0. The number of likely N-dealkylation sites (tertiary alicyclic amines) is 1. The number of benzene rings is 1. The standard InChI is InChI=1S/C21H26N2O2/c1-15-10-19(11-16(2)21(15)25-3)20(24)18-7-5-9-23(14-18)13-17-6-4-8-22-12-17/h4,6,8,10-12,18H,5,7,9,13-14H2,1-3H3/t18-/m1/s1. The number of piperidine rings is 1. The van der Waals surface area contributed by atoms with E-state index in [4.69, 9.17) is 4.74 Å². The highest BCUT2D eigenvalue weighted by Crippen LogP contribution is 2.28. The highest BCUT2D eigenvalue weighted by atomic mass is 16.5. The second-order valence-corrected chi connectivity index (χ2v) is 6.94. The Morgan fingerprint density at radius 1 is 1.32 bits per heavy atom. The molecule has 132 valence electrons. The number of Topliss-reactive ketones (excluding diaryl/α,β-unsaturated/α-hetero) is 1. The molecule has 3 rings (SSSR count). The maximum atomic E-state index is 13.0. The molecule has 4 heteroatoms. The number of aromatic nitrogens is 1. The second-order valence-electron chi connectivity index (χ2n) is 6.94. The first-order chi connectivity index (χ1) is 12.1. The van der Waals surface area contributed by atoms with Crippen molar-refractivity contribution in [3.05, 3.63) is 58.9 Å². The zero-order valence-corrected chi connectivity index (χ0v) is 15.3. The van der Waals surface area contributed by atoms with Gasteiger partial charge < -0.3 is 4.74 Å². The van der Waals surface area contributed by atoms with Crippen molar-refractivity contribution in [2.45, 2.75) is 33.2 Å². The van der Waals surface area contributed by atoms with Crippen LogP contribution in [-0.2, 0) is 6.54 Å². The van der Waals surface area contributed by atoms with Crippen molar-refractivity contribution in [2.24, 2.45) is 5.92 Å². The molecule has 0 aliphatic carbocycles. The van der Waals surface area contributed by atoms with Crippen LogP contribution in [0.1, 0.15) is 39.9 Å². The van der Waals surface area contributed by atoms with Gasteiger partial charge in [0, 0.05) is 37.0 Å². The molecule has 2 aromatic rings. The number of aryl methyl sites for hydroxylation is 2. The molecule has 0 bridgehead atoms. The summed E-state index contributed by atoms with van der Waals surface area (Å²) in [4.78, 5) is 19.6. The van der Waals surface area contributed by atoms with E-state index in [9.17, 15) is 4.79 Å². The molecule has 1 aromatic heterocycles. The van der Waals surface area contributed by atoms with E-state index in [0.29, 0.717) is 0 Å². The lowest BCUT2D eigenvalue weighted by molar-refractivity contribution is 0.0811. The average molecular weight is 338 g/mol. The summed E-state index contributed by atoms with van der Waals surface area (Å²) in [7, 11) is 1.67. The molecule has 1 aliphatic heterocycles. The van der Waals surface area contributed by atoms with Crippen LogP contribution in [0.2, 0.25) is 0 Å². The van der Waals surface area contributed by atoms with Gasteiger partial charge in [-0.3, -0.25) is 14.7 Å². The first-order valence-electron chi connectivity index (χ1n) is 8.89. The molecule has 0 radical (unpaired) electrons. The average Bonchev–Trinajstić information content (AvgIpc) is 2.62. The van der Waals surface area contributed by atoms with Crippen molar-refractivity contribution >= 4 is 5.78 Å². The molecule has 4 nitrogen and oxygen atoms in total. The Bertz CT molecular complexity index is 720. The lowest BCUT2D eigenvalue weighted by Crippen LogP contribution is -2.38. The number of methoxy groups -OCH3 is 1. The number of nitrogens with zero attached hydrogens (tertiary/aromatic N) is 2. The number of carbonyl (C=O) groups excluding carboxylic acids is 1. The van der Waals surface area contributed by atoms with E-state index >= 15 is 0 Å². The third-order valence-electron chi connectivity index (χ3n) is 4.95. The van der Waals surface area contributed by atoms with Gasteiger partial charge in [-0.25, -0.2) is 0 Å². The van der Waals surface area contributed by atoms with Gasteiger partial charge in [0.2, 0.25) is 0 Å². The van der Waals surface area contributed by atoms with E-state index in [0.717, 1.165) is 54.9 Å². The lowest BCUT2D eigenvalue weighted by atomic mass is 9.88. The monoisotopic (exact) mass is 338 g/mol. The van der Waals surface area contributed by atoms with Gasteiger partial charge in [-0.2, -0.15) is 0 Å². The van der Waals surface area contributed by atoms with Gasteiger partial charge in [0.15, 0.2) is 5.78 Å². The van der Waals surface area contributed by atoms with Crippen LogP contribution in [0.25, 0.3) is 0 Å². The quantitative estimate of drug-likeness (QED) is 0.778. The van der Waals surface area contributed by atoms with Gasteiger partial charge in [-0.1, -0.05) is 6.07 Å². The SMILES string of the molecule is COc1c(C)cc(C(=O)[C@@H]2CCCN(Cc3cccnc3)C2)cc1C. The first-order valence-corrected chi connectivity index (χ1v) is 8.89. The number of rotatable bonds is 5. The fourth-order valence-corrected chi connectivity index (χ4v) is 3.81. The smallest absolute Gasteiger partial charge is 0.167 e. The normalized spacial score (nSPS) is 18.1. The minimum Gasteiger partial charge on any atom is -0.496 e. The van der Waals surface area contributed by atoms with Gasteiger partial charge in [0.25, 0.3) is 0 Å². The molecule has 1 aliphatic rings. The van der Waals surface area contributed by atoms with Crippen LogP contribution in [-0.4, -0.2) is 35.9 Å². The molecule has 1 fully saturated rings. The predicted octanol–water partition coefficient (Wildman–Crippen LogP) is 3.80. The summed E-state index contributed by atoms with van der Waals surface area (Å²) in [5.41, 5.74) is 4.05. The van der Waals surface area contributed by atoms with Crippen molar-refractivity contribution in [2.75, 3.05) is 20.2 Å². The van der Waals surface area contributed by atoms with E-state index < -0.39 is 0 Å². The molecule has 0 N–H and O–H groups in total. The molecule has 1 saturated heterocycles. The molecule has 0 amide bonds. The Morgan fingerprint density at radius 3 is 2.72 bits per heavy atom.